The number of halogens is 2. The minimum Gasteiger partial charge on any atom is -0.353 e. The van der Waals surface area contributed by atoms with Crippen LogP contribution in [0.2, 0.25) is 10.0 Å². The molecule has 6 aromatic carbocycles. The van der Waals surface area contributed by atoms with Crippen molar-refractivity contribution in [3.05, 3.63) is 210 Å². The number of fused-ring (bicyclic) bond motifs is 11. The molecule has 0 amide bonds. The summed E-state index contributed by atoms with van der Waals surface area (Å²) in [5.41, 5.74) is 12.9. The average molecular weight is 708 g/mol. The first-order chi connectivity index (χ1) is 25.6. The van der Waals surface area contributed by atoms with Crippen LogP contribution in [0.25, 0.3) is 44.3 Å². The van der Waals surface area contributed by atoms with Crippen LogP contribution >= 0.6 is 23.2 Å². The maximum Gasteiger partial charge on any atom is 0.0945 e. The van der Waals surface area contributed by atoms with Gasteiger partial charge in [0.1, 0.15) is 0 Å². The Bertz CT molecular complexity index is 2880. The topological polar surface area (TPSA) is 56.3 Å². The molecule has 3 aliphatic rings. The predicted molar refractivity (Wildman–Crippen MR) is 210 cm³/mol. The van der Waals surface area contributed by atoms with E-state index in [1.165, 1.54) is 11.1 Å². The van der Waals surface area contributed by atoms with Gasteiger partial charge in [0.2, 0.25) is 0 Å². The fourth-order valence-corrected chi connectivity index (χ4v) is 9.00. The van der Waals surface area contributed by atoms with Crippen molar-refractivity contribution in [2.75, 3.05) is 0 Å². The lowest BCUT2D eigenvalue weighted by Crippen LogP contribution is -2.25. The van der Waals surface area contributed by atoms with Crippen LogP contribution in [0.1, 0.15) is 34.1 Å². The first-order valence-corrected chi connectivity index (χ1v) is 18.2. The van der Waals surface area contributed by atoms with E-state index in [9.17, 15) is 0 Å². The number of allylic oxidation sites excluding steroid dienone is 2. The van der Waals surface area contributed by atoms with Crippen molar-refractivity contribution in [1.82, 2.24) is 9.97 Å². The van der Waals surface area contributed by atoms with Crippen LogP contribution in [0.4, 0.5) is 0 Å². The number of aromatic amines is 2. The van der Waals surface area contributed by atoms with Crippen molar-refractivity contribution in [1.29, 1.82) is 0 Å². The van der Waals surface area contributed by atoms with Gasteiger partial charge >= 0.3 is 0 Å². The number of nitrogens with one attached hydrogen (secondary N) is 2. The van der Waals surface area contributed by atoms with E-state index in [-0.39, 0.29) is 11.8 Å². The molecule has 0 spiro atoms. The number of aromatic nitrogens is 2. The maximum atomic E-state index is 6.57. The van der Waals surface area contributed by atoms with Crippen molar-refractivity contribution >= 4 is 56.2 Å². The number of benzene rings is 6. The van der Waals surface area contributed by atoms with Gasteiger partial charge in [0, 0.05) is 65.3 Å². The first kappa shape index (κ1) is 29.8. The quantitative estimate of drug-likeness (QED) is 0.180. The second-order valence-electron chi connectivity index (χ2n) is 13.7. The molecule has 0 fully saturated rings. The molecule has 11 rings (SSSR count). The van der Waals surface area contributed by atoms with Gasteiger partial charge < -0.3 is 9.97 Å². The summed E-state index contributed by atoms with van der Waals surface area (Å²) >= 11 is 13.1. The number of hydrogen-bond donors (Lipinski definition) is 2. The molecule has 2 aliphatic heterocycles. The van der Waals surface area contributed by atoms with Gasteiger partial charge in [-0.05, 0) is 70.8 Å². The van der Waals surface area contributed by atoms with E-state index < -0.39 is 0 Å². The largest absolute Gasteiger partial charge is 0.353 e. The third-order valence-corrected chi connectivity index (χ3v) is 11.4. The minimum absolute atomic E-state index is 0.218. The lowest BCUT2D eigenvalue weighted by Gasteiger charge is -2.28. The van der Waals surface area contributed by atoms with Crippen LogP contribution in [0.15, 0.2) is 167 Å². The van der Waals surface area contributed by atoms with Crippen LogP contribution in [-0.4, -0.2) is 9.97 Å². The molecule has 246 valence electrons. The molecule has 0 radical (unpaired) electrons. The molecule has 8 aromatic rings. The van der Waals surface area contributed by atoms with Crippen LogP contribution < -0.4 is 21.2 Å². The Morgan fingerprint density at radius 1 is 0.423 bits per heavy atom. The summed E-state index contributed by atoms with van der Waals surface area (Å²) < 4.78 is 0. The van der Waals surface area contributed by atoms with Gasteiger partial charge in [0.05, 0.1) is 33.5 Å². The molecular formula is C46H28Cl2N4. The van der Waals surface area contributed by atoms with Gasteiger partial charge in [0.15, 0.2) is 0 Å². The summed E-state index contributed by atoms with van der Waals surface area (Å²) in [7, 11) is 0. The zero-order chi connectivity index (χ0) is 34.5. The summed E-state index contributed by atoms with van der Waals surface area (Å²) in [6.07, 6.45) is 0. The minimum atomic E-state index is -0.218. The predicted octanol–water partition coefficient (Wildman–Crippen LogP) is 9.08. The fraction of sp³-hybridized carbons (Fsp3) is 0.0435. The van der Waals surface area contributed by atoms with E-state index >= 15 is 0 Å². The van der Waals surface area contributed by atoms with Crippen LogP contribution in [0, 0.1) is 0 Å². The highest BCUT2D eigenvalue weighted by Gasteiger charge is 2.39. The smallest absolute Gasteiger partial charge is 0.0945 e. The lowest BCUT2D eigenvalue weighted by atomic mass is 9.75. The molecule has 52 heavy (non-hydrogen) atoms. The molecule has 0 unspecified atom stereocenters. The van der Waals surface area contributed by atoms with Crippen molar-refractivity contribution in [2.24, 2.45) is 9.98 Å². The lowest BCUT2D eigenvalue weighted by molar-refractivity contribution is 1.00. The van der Waals surface area contributed by atoms with Gasteiger partial charge in [0.25, 0.3) is 0 Å². The van der Waals surface area contributed by atoms with Crippen molar-refractivity contribution in [3.63, 3.8) is 0 Å². The number of H-pyrrole nitrogens is 2. The Morgan fingerprint density at radius 2 is 0.808 bits per heavy atom. The van der Waals surface area contributed by atoms with E-state index in [2.05, 4.69) is 131 Å². The Morgan fingerprint density at radius 3 is 1.25 bits per heavy atom. The molecule has 2 atom stereocenters. The maximum absolute atomic E-state index is 6.57. The fourth-order valence-electron chi connectivity index (χ4n) is 8.75. The molecule has 0 bridgehead atoms. The molecular weight excluding hydrogens is 679 g/mol. The normalized spacial score (nSPS) is 18.6. The van der Waals surface area contributed by atoms with Crippen molar-refractivity contribution in [3.8, 4) is 11.4 Å². The van der Waals surface area contributed by atoms with Crippen molar-refractivity contribution < 1.29 is 0 Å². The summed E-state index contributed by atoms with van der Waals surface area (Å²) in [4.78, 5) is 18.9. The van der Waals surface area contributed by atoms with Gasteiger partial charge in [-0.3, -0.25) is 0 Å². The number of rotatable bonds is 2. The van der Waals surface area contributed by atoms with Crippen LogP contribution in [0.5, 0.6) is 0 Å². The Hall–Kier alpha value is -5.94. The second kappa shape index (κ2) is 11.3. The second-order valence-corrected chi connectivity index (χ2v) is 14.5. The Labute approximate surface area is 308 Å². The van der Waals surface area contributed by atoms with Crippen molar-refractivity contribution in [2.45, 2.75) is 11.8 Å². The van der Waals surface area contributed by atoms with E-state index in [4.69, 9.17) is 33.2 Å². The summed E-state index contributed by atoms with van der Waals surface area (Å²) in [6.45, 7) is 0. The molecule has 6 heteroatoms. The average Bonchev–Trinajstić information content (AvgIpc) is 3.95. The van der Waals surface area contributed by atoms with Crippen LogP contribution in [0.3, 0.4) is 0 Å². The highest BCUT2D eigenvalue weighted by molar-refractivity contribution is 6.30. The van der Waals surface area contributed by atoms with E-state index in [0.717, 1.165) is 88.0 Å². The van der Waals surface area contributed by atoms with Crippen LogP contribution in [-0.2, 0) is 0 Å². The van der Waals surface area contributed by atoms with E-state index in [1.54, 1.807) is 0 Å². The number of nitrogens with zero attached hydrogens (tertiary/aromatic N) is 2. The van der Waals surface area contributed by atoms with Gasteiger partial charge in [-0.15, -0.1) is 0 Å². The summed E-state index contributed by atoms with van der Waals surface area (Å²) in [5.74, 6) is -0.436. The zero-order valence-electron chi connectivity index (χ0n) is 27.7. The third kappa shape index (κ3) is 4.29. The molecule has 0 saturated heterocycles. The zero-order valence-corrected chi connectivity index (χ0v) is 29.2. The molecule has 1 aliphatic carbocycles. The molecule has 4 nitrogen and oxygen atoms in total. The molecule has 4 heterocycles. The molecule has 2 aromatic heterocycles. The Balaban J connectivity index is 1.42. The molecule has 0 saturated carbocycles. The first-order valence-electron chi connectivity index (χ1n) is 17.5. The highest BCUT2D eigenvalue weighted by Crippen LogP contribution is 2.53. The highest BCUT2D eigenvalue weighted by atomic mass is 35.5. The summed E-state index contributed by atoms with van der Waals surface area (Å²) in [6, 6.07) is 50.9. The SMILES string of the molecule is Clc1ccc([C@H]2C3=c4ccccc4=N/C3=C3\N=c4ccccc4=C3[C@H](c3ccc(Cl)cc3)c3c([nH]c4ccccc34)-c3[nH]c4ccccc4c32)cc1. The Kier molecular flexibility index (Phi) is 6.46. The summed E-state index contributed by atoms with van der Waals surface area (Å²) in [5, 5.41) is 7.80. The number of para-hydroxylation sites is 4. The van der Waals surface area contributed by atoms with Gasteiger partial charge in [-0.25, -0.2) is 9.98 Å². The third-order valence-electron chi connectivity index (χ3n) is 10.9. The van der Waals surface area contributed by atoms with Gasteiger partial charge in [-0.2, -0.15) is 0 Å². The number of hydrogen-bond acceptors (Lipinski definition) is 2. The monoisotopic (exact) mass is 706 g/mol. The standard InChI is InChI=1S/C46H28Cl2N4/c47-27-21-17-25(18-22-27)37-39-29-9-1-5-13-33(29)49-43(39)44-41(31-11-3-7-15-35(31)50-44)38(26-19-23-28(48)24-20-26)42-32-12-4-8-16-36(32)52-46(42)45-40(37)30-10-2-6-14-34(30)51-45/h1-24,37-38,49-50H/b46-45-/t37-,38-/m1/s1. The van der Waals surface area contributed by atoms with Gasteiger partial charge in [-0.1, -0.05) is 120 Å². The van der Waals surface area contributed by atoms with E-state index in [1.807, 2.05) is 24.3 Å². The molecule has 2 N–H and O–H groups in total. The van der Waals surface area contributed by atoms with E-state index in [0.29, 0.717) is 10.0 Å².